The van der Waals surface area contributed by atoms with E-state index in [0.29, 0.717) is 46.8 Å². The van der Waals surface area contributed by atoms with Crippen LogP contribution in [0.4, 0.5) is 11.4 Å². The third kappa shape index (κ3) is 3.30. The molecule has 6 nitrogen and oxygen atoms in total. The van der Waals surface area contributed by atoms with E-state index in [4.69, 9.17) is 23.2 Å². The van der Waals surface area contributed by atoms with E-state index in [0.717, 1.165) is 10.1 Å². The van der Waals surface area contributed by atoms with Crippen LogP contribution in [-0.2, 0) is 0 Å². The van der Waals surface area contributed by atoms with Crippen LogP contribution in [0.1, 0.15) is 9.67 Å². The number of benzene rings is 2. The van der Waals surface area contributed by atoms with Crippen molar-refractivity contribution in [3.63, 3.8) is 0 Å². The number of nitro benzene ring substituents is 1. The molecular formula is C19H15Cl2N3O3S. The Balaban J connectivity index is 1.54. The first-order chi connectivity index (χ1) is 13.5. The Bertz CT molecular complexity index is 1080. The highest BCUT2D eigenvalue weighted by Crippen LogP contribution is 2.38. The zero-order valence-electron chi connectivity index (χ0n) is 14.6. The van der Waals surface area contributed by atoms with Crippen LogP contribution in [0.3, 0.4) is 0 Å². The minimum absolute atomic E-state index is 0.0279. The molecule has 0 atom stereocenters. The number of hydrogen-bond donors (Lipinski definition) is 0. The minimum Gasteiger partial charge on any atom is -0.361 e. The maximum Gasteiger partial charge on any atom is 0.294 e. The summed E-state index contributed by atoms with van der Waals surface area (Å²) >= 11 is 14.0. The van der Waals surface area contributed by atoms with Gasteiger partial charge in [0.1, 0.15) is 10.6 Å². The van der Waals surface area contributed by atoms with Gasteiger partial charge in [0.25, 0.3) is 11.6 Å². The standard InChI is InChI=1S/C19H15Cl2N3O3S/c20-13-5-3-6-14(24(26)27)17(13)22-8-10-23(11-9-22)19(25)18-16(21)12-4-1-2-7-15(12)28-18/h1-7H,8-11H2. The van der Waals surface area contributed by atoms with Gasteiger partial charge in [0.15, 0.2) is 0 Å². The number of carbonyl (C=O) groups is 1. The molecule has 144 valence electrons. The Morgan fingerprint density at radius 2 is 1.75 bits per heavy atom. The second-order valence-electron chi connectivity index (χ2n) is 6.39. The molecule has 2 aromatic carbocycles. The number of anilines is 1. The van der Waals surface area contributed by atoms with Gasteiger partial charge in [-0.3, -0.25) is 14.9 Å². The molecule has 2 heterocycles. The number of amides is 1. The number of halogens is 2. The van der Waals surface area contributed by atoms with Gasteiger partial charge in [-0.1, -0.05) is 47.5 Å². The number of nitrogens with zero attached hydrogens (tertiary/aromatic N) is 3. The monoisotopic (exact) mass is 435 g/mol. The number of thiophene rings is 1. The molecule has 3 aromatic rings. The Morgan fingerprint density at radius 1 is 1.04 bits per heavy atom. The Labute approximate surface area is 175 Å². The largest absolute Gasteiger partial charge is 0.361 e. The summed E-state index contributed by atoms with van der Waals surface area (Å²) in [7, 11) is 0. The van der Waals surface area contributed by atoms with E-state index in [1.54, 1.807) is 17.0 Å². The van der Waals surface area contributed by atoms with Crippen LogP contribution in [0.25, 0.3) is 10.1 Å². The van der Waals surface area contributed by atoms with E-state index < -0.39 is 4.92 Å². The van der Waals surface area contributed by atoms with Crippen LogP contribution in [-0.4, -0.2) is 41.9 Å². The van der Waals surface area contributed by atoms with Crippen LogP contribution >= 0.6 is 34.5 Å². The zero-order chi connectivity index (χ0) is 19.8. The van der Waals surface area contributed by atoms with E-state index >= 15 is 0 Å². The fourth-order valence-corrected chi connectivity index (χ4v) is 5.16. The molecule has 0 spiro atoms. The Morgan fingerprint density at radius 3 is 2.43 bits per heavy atom. The Hall–Kier alpha value is -2.35. The molecule has 0 aliphatic carbocycles. The predicted octanol–water partition coefficient (Wildman–Crippen LogP) is 5.08. The normalized spacial score (nSPS) is 14.5. The van der Waals surface area contributed by atoms with Crippen molar-refractivity contribution in [1.82, 2.24) is 4.90 Å². The van der Waals surface area contributed by atoms with Gasteiger partial charge in [0.05, 0.1) is 15.0 Å². The zero-order valence-corrected chi connectivity index (χ0v) is 16.9. The van der Waals surface area contributed by atoms with Crippen LogP contribution < -0.4 is 4.90 Å². The lowest BCUT2D eigenvalue weighted by Crippen LogP contribution is -2.49. The molecule has 1 aliphatic rings. The van der Waals surface area contributed by atoms with Crippen LogP contribution in [0, 0.1) is 10.1 Å². The quantitative estimate of drug-likeness (QED) is 0.424. The van der Waals surface area contributed by atoms with Crippen molar-refractivity contribution in [2.24, 2.45) is 0 Å². The minimum atomic E-state index is -0.435. The van der Waals surface area contributed by atoms with Gasteiger partial charge < -0.3 is 9.80 Å². The van der Waals surface area contributed by atoms with Crippen molar-refractivity contribution < 1.29 is 9.72 Å². The summed E-state index contributed by atoms with van der Waals surface area (Å²) in [6.45, 7) is 1.79. The smallest absolute Gasteiger partial charge is 0.294 e. The number of para-hydroxylation sites is 1. The molecule has 4 rings (SSSR count). The number of nitro groups is 1. The fourth-order valence-electron chi connectivity index (χ4n) is 3.39. The molecule has 1 aliphatic heterocycles. The van der Waals surface area contributed by atoms with Gasteiger partial charge in [-0.25, -0.2) is 0 Å². The molecule has 1 aromatic heterocycles. The second kappa shape index (κ2) is 7.58. The lowest BCUT2D eigenvalue weighted by Gasteiger charge is -2.36. The highest BCUT2D eigenvalue weighted by Gasteiger charge is 2.29. The van der Waals surface area contributed by atoms with Crippen molar-refractivity contribution in [3.8, 4) is 0 Å². The number of carbonyl (C=O) groups excluding carboxylic acids is 1. The highest BCUT2D eigenvalue weighted by atomic mass is 35.5. The van der Waals surface area contributed by atoms with Gasteiger partial charge in [0.2, 0.25) is 0 Å². The fraction of sp³-hybridized carbons (Fsp3) is 0.211. The second-order valence-corrected chi connectivity index (χ2v) is 8.22. The first-order valence-electron chi connectivity index (χ1n) is 8.61. The molecule has 0 saturated carbocycles. The lowest BCUT2D eigenvalue weighted by atomic mass is 10.2. The summed E-state index contributed by atoms with van der Waals surface area (Å²) in [5.74, 6) is -0.112. The van der Waals surface area contributed by atoms with Crippen LogP contribution in [0.15, 0.2) is 42.5 Å². The molecule has 1 fully saturated rings. The van der Waals surface area contributed by atoms with Crippen molar-refractivity contribution in [1.29, 1.82) is 0 Å². The maximum atomic E-state index is 13.0. The topological polar surface area (TPSA) is 66.7 Å². The molecule has 0 N–H and O–H groups in total. The van der Waals surface area contributed by atoms with Gasteiger partial charge in [-0.2, -0.15) is 0 Å². The first-order valence-corrected chi connectivity index (χ1v) is 10.2. The van der Waals surface area contributed by atoms with Crippen molar-refractivity contribution in [2.45, 2.75) is 0 Å². The van der Waals surface area contributed by atoms with E-state index in [-0.39, 0.29) is 11.6 Å². The molecule has 28 heavy (non-hydrogen) atoms. The first kappa shape index (κ1) is 19.0. The summed E-state index contributed by atoms with van der Waals surface area (Å²) in [6, 6.07) is 12.3. The summed E-state index contributed by atoms with van der Waals surface area (Å²) < 4.78 is 0.973. The number of piperazine rings is 1. The summed E-state index contributed by atoms with van der Waals surface area (Å²) in [5, 5.41) is 13.0. The van der Waals surface area contributed by atoms with E-state index in [1.807, 2.05) is 29.2 Å². The molecule has 0 radical (unpaired) electrons. The summed E-state index contributed by atoms with van der Waals surface area (Å²) in [4.78, 5) is 28.0. The number of hydrogen-bond acceptors (Lipinski definition) is 5. The van der Waals surface area contributed by atoms with E-state index in [2.05, 4.69) is 0 Å². The molecule has 1 saturated heterocycles. The third-order valence-electron chi connectivity index (χ3n) is 4.77. The molecule has 0 unspecified atom stereocenters. The summed E-state index contributed by atoms with van der Waals surface area (Å²) in [6.07, 6.45) is 0. The van der Waals surface area contributed by atoms with Crippen molar-refractivity contribution in [3.05, 3.63) is 67.5 Å². The van der Waals surface area contributed by atoms with E-state index in [1.165, 1.54) is 17.4 Å². The average molecular weight is 436 g/mol. The Kier molecular flexibility index (Phi) is 5.14. The SMILES string of the molecule is O=C(c1sc2ccccc2c1Cl)N1CCN(c2c(Cl)cccc2[N+](=O)[O-])CC1. The van der Waals surface area contributed by atoms with E-state index in [9.17, 15) is 14.9 Å². The van der Waals surface area contributed by atoms with Gasteiger partial charge in [-0.15, -0.1) is 11.3 Å². The average Bonchev–Trinajstić information content (AvgIpc) is 3.04. The lowest BCUT2D eigenvalue weighted by molar-refractivity contribution is -0.384. The number of fused-ring (bicyclic) bond motifs is 1. The highest BCUT2D eigenvalue weighted by molar-refractivity contribution is 7.21. The number of rotatable bonds is 3. The van der Waals surface area contributed by atoms with Gasteiger partial charge in [0, 0.05) is 42.3 Å². The maximum absolute atomic E-state index is 13.0. The predicted molar refractivity (Wildman–Crippen MR) is 113 cm³/mol. The van der Waals surface area contributed by atoms with Crippen molar-refractivity contribution in [2.75, 3.05) is 31.1 Å². The van der Waals surface area contributed by atoms with Crippen molar-refractivity contribution >= 4 is 61.9 Å². The van der Waals surface area contributed by atoms with Crippen LogP contribution in [0.2, 0.25) is 10.0 Å². The molecule has 9 heteroatoms. The van der Waals surface area contributed by atoms with Gasteiger partial charge in [-0.05, 0) is 12.1 Å². The summed E-state index contributed by atoms with van der Waals surface area (Å²) in [5.41, 5.74) is 0.376. The van der Waals surface area contributed by atoms with Gasteiger partial charge >= 0.3 is 0 Å². The third-order valence-corrected chi connectivity index (χ3v) is 6.74. The molecule has 0 bridgehead atoms. The van der Waals surface area contributed by atoms with Crippen LogP contribution in [0.5, 0.6) is 0 Å². The molecular weight excluding hydrogens is 421 g/mol. The molecule has 1 amide bonds.